The molecule has 20 heavy (non-hydrogen) atoms. The SMILES string of the molecule is COCC(CO)NC(=O)c1sc2ccc(F)cc2c1N. The highest BCUT2D eigenvalue weighted by atomic mass is 32.1. The van der Waals surface area contributed by atoms with Crippen molar-refractivity contribution in [2.24, 2.45) is 0 Å². The van der Waals surface area contributed by atoms with Crippen molar-refractivity contribution in [3.63, 3.8) is 0 Å². The molecular weight excluding hydrogens is 283 g/mol. The fourth-order valence-electron chi connectivity index (χ4n) is 1.85. The summed E-state index contributed by atoms with van der Waals surface area (Å²) in [6.07, 6.45) is 0. The van der Waals surface area contributed by atoms with E-state index in [2.05, 4.69) is 5.32 Å². The molecule has 0 fully saturated rings. The van der Waals surface area contributed by atoms with Gasteiger partial charge in [0.15, 0.2) is 0 Å². The summed E-state index contributed by atoms with van der Waals surface area (Å²) in [5.41, 5.74) is 6.14. The van der Waals surface area contributed by atoms with E-state index in [4.69, 9.17) is 15.6 Å². The number of nitrogens with one attached hydrogen (secondary N) is 1. The lowest BCUT2D eigenvalue weighted by molar-refractivity contribution is 0.0844. The Morgan fingerprint density at radius 3 is 3.00 bits per heavy atom. The maximum atomic E-state index is 13.2. The Balaban J connectivity index is 2.28. The molecule has 0 bridgehead atoms. The number of anilines is 1. The molecule has 1 heterocycles. The number of carbonyl (C=O) groups excluding carboxylic acids is 1. The van der Waals surface area contributed by atoms with Crippen molar-refractivity contribution >= 4 is 33.0 Å². The second kappa shape index (κ2) is 6.17. The molecule has 1 aromatic heterocycles. The number of aliphatic hydroxyl groups excluding tert-OH is 1. The summed E-state index contributed by atoms with van der Waals surface area (Å²) in [4.78, 5) is 12.4. The second-order valence-corrected chi connectivity index (χ2v) is 5.35. The lowest BCUT2D eigenvalue weighted by Gasteiger charge is -2.14. The Labute approximate surface area is 119 Å². The zero-order chi connectivity index (χ0) is 14.7. The molecule has 0 saturated carbocycles. The molecule has 4 N–H and O–H groups in total. The zero-order valence-corrected chi connectivity index (χ0v) is 11.7. The number of methoxy groups -OCH3 is 1. The van der Waals surface area contributed by atoms with Crippen molar-refractivity contribution in [3.05, 3.63) is 28.9 Å². The van der Waals surface area contributed by atoms with Gasteiger partial charge in [-0.1, -0.05) is 0 Å². The third-order valence-corrected chi connectivity index (χ3v) is 4.00. The van der Waals surface area contributed by atoms with E-state index in [0.717, 1.165) is 4.70 Å². The molecule has 108 valence electrons. The minimum absolute atomic E-state index is 0.196. The van der Waals surface area contributed by atoms with E-state index in [1.54, 1.807) is 6.07 Å². The van der Waals surface area contributed by atoms with Gasteiger partial charge in [-0.15, -0.1) is 11.3 Å². The van der Waals surface area contributed by atoms with Crippen molar-refractivity contribution < 1.29 is 19.0 Å². The van der Waals surface area contributed by atoms with E-state index in [1.165, 1.54) is 30.6 Å². The maximum absolute atomic E-state index is 13.2. The molecule has 1 unspecified atom stereocenters. The van der Waals surface area contributed by atoms with Gasteiger partial charge < -0.3 is 20.9 Å². The van der Waals surface area contributed by atoms with Gasteiger partial charge in [0.2, 0.25) is 0 Å². The second-order valence-electron chi connectivity index (χ2n) is 4.29. The summed E-state index contributed by atoms with van der Waals surface area (Å²) < 4.78 is 18.8. The normalized spacial score (nSPS) is 12.6. The predicted molar refractivity (Wildman–Crippen MR) is 76.4 cm³/mol. The number of amides is 1. The molecule has 2 aromatic rings. The minimum atomic E-state index is -0.506. The molecular formula is C13H15FN2O3S. The van der Waals surface area contributed by atoms with Crippen molar-refractivity contribution in [2.45, 2.75) is 6.04 Å². The monoisotopic (exact) mass is 298 g/mol. The highest BCUT2D eigenvalue weighted by Crippen LogP contribution is 2.33. The van der Waals surface area contributed by atoms with Gasteiger partial charge in [-0.3, -0.25) is 4.79 Å². The van der Waals surface area contributed by atoms with Gasteiger partial charge in [0.25, 0.3) is 5.91 Å². The number of carbonyl (C=O) groups is 1. The smallest absolute Gasteiger partial charge is 0.263 e. The molecule has 0 radical (unpaired) electrons. The highest BCUT2D eigenvalue weighted by Gasteiger charge is 2.19. The first kappa shape index (κ1) is 14.7. The van der Waals surface area contributed by atoms with Gasteiger partial charge in [0, 0.05) is 17.2 Å². The number of thiophene rings is 1. The van der Waals surface area contributed by atoms with E-state index in [9.17, 15) is 9.18 Å². The average molecular weight is 298 g/mol. The van der Waals surface area contributed by atoms with Crippen LogP contribution in [0.25, 0.3) is 10.1 Å². The van der Waals surface area contributed by atoms with Crippen LogP contribution in [0.4, 0.5) is 10.1 Å². The van der Waals surface area contributed by atoms with Gasteiger partial charge in [-0.25, -0.2) is 4.39 Å². The topological polar surface area (TPSA) is 84.6 Å². The molecule has 7 heteroatoms. The summed E-state index contributed by atoms with van der Waals surface area (Å²) in [6.45, 7) is -0.0410. The van der Waals surface area contributed by atoms with Crippen LogP contribution in [0.2, 0.25) is 0 Å². The van der Waals surface area contributed by atoms with Crippen LogP contribution in [-0.2, 0) is 4.74 Å². The average Bonchev–Trinajstić information content (AvgIpc) is 2.75. The van der Waals surface area contributed by atoms with E-state index in [0.29, 0.717) is 10.3 Å². The number of ether oxygens (including phenoxy) is 1. The third-order valence-electron chi connectivity index (χ3n) is 2.82. The summed E-state index contributed by atoms with van der Waals surface area (Å²) in [6, 6.07) is 3.70. The summed E-state index contributed by atoms with van der Waals surface area (Å²) in [7, 11) is 1.48. The van der Waals surface area contributed by atoms with Crippen LogP contribution in [0.5, 0.6) is 0 Å². The van der Waals surface area contributed by atoms with Crippen molar-refractivity contribution in [2.75, 3.05) is 26.1 Å². The molecule has 5 nitrogen and oxygen atoms in total. The van der Waals surface area contributed by atoms with Gasteiger partial charge in [0.05, 0.1) is 24.9 Å². The van der Waals surface area contributed by atoms with E-state index in [-0.39, 0.29) is 18.9 Å². The Morgan fingerprint density at radius 2 is 2.35 bits per heavy atom. The molecule has 1 amide bonds. The largest absolute Gasteiger partial charge is 0.397 e. The lowest BCUT2D eigenvalue weighted by atomic mass is 10.2. The molecule has 0 aliphatic rings. The number of aliphatic hydroxyl groups is 1. The van der Waals surface area contributed by atoms with Crippen LogP contribution >= 0.6 is 11.3 Å². The van der Waals surface area contributed by atoms with E-state index < -0.39 is 17.8 Å². The Bertz CT molecular complexity index is 629. The lowest BCUT2D eigenvalue weighted by Crippen LogP contribution is -2.40. The van der Waals surface area contributed by atoms with Crippen LogP contribution in [-0.4, -0.2) is 37.4 Å². The Hall–Kier alpha value is -1.70. The van der Waals surface area contributed by atoms with E-state index >= 15 is 0 Å². The fourth-order valence-corrected chi connectivity index (χ4v) is 2.86. The molecule has 1 atom stereocenters. The number of hydrogen-bond donors (Lipinski definition) is 3. The number of fused-ring (bicyclic) bond motifs is 1. The first-order valence-corrected chi connectivity index (χ1v) is 6.76. The van der Waals surface area contributed by atoms with Crippen LogP contribution < -0.4 is 11.1 Å². The third kappa shape index (κ3) is 2.90. The molecule has 1 aromatic carbocycles. The van der Waals surface area contributed by atoms with Crippen LogP contribution in [0.15, 0.2) is 18.2 Å². The summed E-state index contributed by atoms with van der Waals surface area (Å²) in [5, 5.41) is 12.3. The number of nitrogens with two attached hydrogens (primary N) is 1. The van der Waals surface area contributed by atoms with E-state index in [1.807, 2.05) is 0 Å². The van der Waals surface area contributed by atoms with Gasteiger partial charge >= 0.3 is 0 Å². The summed E-state index contributed by atoms with van der Waals surface area (Å²) in [5.74, 6) is -0.804. The number of rotatable bonds is 5. The molecule has 0 spiro atoms. The molecule has 0 aliphatic heterocycles. The van der Waals surface area contributed by atoms with Gasteiger partial charge in [-0.05, 0) is 18.2 Å². The van der Waals surface area contributed by atoms with Gasteiger partial charge in [0.1, 0.15) is 10.7 Å². The van der Waals surface area contributed by atoms with Crippen LogP contribution in [0.1, 0.15) is 9.67 Å². The number of nitrogen functional groups attached to an aromatic ring is 1. The van der Waals surface area contributed by atoms with Crippen LogP contribution in [0, 0.1) is 5.82 Å². The first-order valence-electron chi connectivity index (χ1n) is 5.95. The first-order chi connectivity index (χ1) is 9.56. The Kier molecular flexibility index (Phi) is 4.53. The van der Waals surface area contributed by atoms with Crippen molar-refractivity contribution in [1.29, 1.82) is 0 Å². The number of hydrogen-bond acceptors (Lipinski definition) is 5. The number of halogens is 1. The van der Waals surface area contributed by atoms with Crippen molar-refractivity contribution in [1.82, 2.24) is 5.32 Å². The number of benzene rings is 1. The van der Waals surface area contributed by atoms with Gasteiger partial charge in [-0.2, -0.15) is 0 Å². The zero-order valence-electron chi connectivity index (χ0n) is 10.9. The molecule has 0 saturated heterocycles. The fraction of sp³-hybridized carbons (Fsp3) is 0.308. The summed E-state index contributed by atoms with van der Waals surface area (Å²) >= 11 is 1.19. The quantitative estimate of drug-likeness (QED) is 0.778. The highest BCUT2D eigenvalue weighted by molar-refractivity contribution is 7.21. The predicted octanol–water partition coefficient (Wildman–Crippen LogP) is 1.36. The molecule has 0 aliphatic carbocycles. The maximum Gasteiger partial charge on any atom is 0.263 e. The molecule has 2 rings (SSSR count). The standard InChI is InChI=1S/C13H15FN2O3S/c1-19-6-8(5-17)16-13(18)12-11(15)9-4-7(14)2-3-10(9)20-12/h2-4,8,17H,5-6,15H2,1H3,(H,16,18). The Morgan fingerprint density at radius 1 is 1.60 bits per heavy atom. The van der Waals surface area contributed by atoms with Crippen molar-refractivity contribution in [3.8, 4) is 0 Å². The minimum Gasteiger partial charge on any atom is -0.397 e. The van der Waals surface area contributed by atoms with Crippen LogP contribution in [0.3, 0.4) is 0 Å².